The number of hydrogen-bond donors (Lipinski definition) is 1. The van der Waals surface area contributed by atoms with E-state index in [4.69, 9.17) is 26.0 Å². The third-order valence-electron chi connectivity index (χ3n) is 5.26. The molecule has 1 N–H and O–H groups in total. The van der Waals surface area contributed by atoms with E-state index in [0.29, 0.717) is 23.4 Å². The molecule has 1 aliphatic carbocycles. The number of nitrogens with zero attached hydrogens (tertiary/aromatic N) is 3. The van der Waals surface area contributed by atoms with Gasteiger partial charge in [0, 0.05) is 11.8 Å². The Balaban J connectivity index is 1.53. The van der Waals surface area contributed by atoms with Gasteiger partial charge < -0.3 is 14.4 Å². The van der Waals surface area contributed by atoms with Gasteiger partial charge >= 0.3 is 12.1 Å². The zero-order valence-electron chi connectivity index (χ0n) is 16.9. The molecule has 0 spiro atoms. The van der Waals surface area contributed by atoms with Gasteiger partial charge in [-0.15, -0.1) is 0 Å². The van der Waals surface area contributed by atoms with E-state index in [0.717, 1.165) is 18.1 Å². The Labute approximate surface area is 185 Å². The molecule has 0 amide bonds. The Kier molecular flexibility index (Phi) is 5.58. The lowest BCUT2D eigenvalue weighted by atomic mass is 10.0. The summed E-state index contributed by atoms with van der Waals surface area (Å²) in [7, 11) is 0. The number of aliphatic carboxylic acids is 1. The fraction of sp³-hybridized carbons (Fsp3) is 0.333. The van der Waals surface area contributed by atoms with E-state index in [9.17, 15) is 18.0 Å². The van der Waals surface area contributed by atoms with E-state index in [-0.39, 0.29) is 28.6 Å². The van der Waals surface area contributed by atoms with Crippen molar-refractivity contribution < 1.29 is 32.3 Å². The zero-order valence-corrected chi connectivity index (χ0v) is 17.6. The van der Waals surface area contributed by atoms with Gasteiger partial charge in [-0.25, -0.2) is 4.98 Å². The number of aromatic nitrogens is 3. The normalized spacial score (nSPS) is 18.9. The van der Waals surface area contributed by atoms with E-state index >= 15 is 0 Å². The topological polar surface area (TPSA) is 98.3 Å². The lowest BCUT2D eigenvalue weighted by Crippen LogP contribution is -2.31. The van der Waals surface area contributed by atoms with Crippen molar-refractivity contribution in [3.8, 4) is 28.7 Å². The van der Waals surface area contributed by atoms with Gasteiger partial charge in [0.25, 0.3) is 5.89 Å². The van der Waals surface area contributed by atoms with Crippen LogP contribution in [0.3, 0.4) is 0 Å². The smallest absolute Gasteiger partial charge is 0.425 e. The zero-order chi connectivity index (χ0) is 23.2. The summed E-state index contributed by atoms with van der Waals surface area (Å²) in [4.78, 5) is 19.3. The molecule has 4 rings (SSSR count). The van der Waals surface area contributed by atoms with Crippen LogP contribution < -0.4 is 4.74 Å². The molecule has 0 saturated heterocycles. The van der Waals surface area contributed by atoms with Gasteiger partial charge in [0.2, 0.25) is 11.7 Å². The van der Waals surface area contributed by atoms with Crippen molar-refractivity contribution in [1.29, 1.82) is 0 Å². The van der Waals surface area contributed by atoms with Crippen molar-refractivity contribution in [2.24, 2.45) is 5.92 Å². The highest BCUT2D eigenvalue weighted by Gasteiger charge is 2.44. The summed E-state index contributed by atoms with van der Waals surface area (Å²) in [6, 6.07) is 6.89. The number of carboxylic acid groups (broad SMARTS) is 1. The highest BCUT2D eigenvalue weighted by Crippen LogP contribution is 2.48. The Morgan fingerprint density at radius 1 is 1.34 bits per heavy atom. The number of rotatable bonds is 6. The number of hydrogen-bond acceptors (Lipinski definition) is 6. The van der Waals surface area contributed by atoms with Gasteiger partial charge in [0.1, 0.15) is 5.02 Å². The average Bonchev–Trinajstić information content (AvgIpc) is 3.39. The number of halogens is 4. The second-order valence-corrected chi connectivity index (χ2v) is 8.00. The summed E-state index contributed by atoms with van der Waals surface area (Å²) in [5.41, 5.74) is 2.82. The minimum absolute atomic E-state index is 0.00935. The standard InChI is InChI=1S/C21H17ClF3N3O4/c1-9-5-11(14-7-15(14)20(29)30)3-4-13(9)17-27-18(32-28-17)12-6-16(22)19(26-8-12)31-10(2)21(23,24)25/h3-6,8,10,14-15H,7H2,1-2H3,(H,29,30). The molecular formula is C21H17ClF3N3O4. The SMILES string of the molecule is Cc1cc(C2CC2C(=O)O)ccc1-c1noc(-c2cnc(OC(C)C(F)(F)F)c(Cl)c2)n1. The fourth-order valence-corrected chi connectivity index (χ4v) is 3.53. The molecule has 3 atom stereocenters. The monoisotopic (exact) mass is 467 g/mol. The molecular weight excluding hydrogens is 451 g/mol. The van der Waals surface area contributed by atoms with Crippen LogP contribution in [0.15, 0.2) is 35.0 Å². The molecule has 2 aromatic heterocycles. The highest BCUT2D eigenvalue weighted by atomic mass is 35.5. The second kappa shape index (κ2) is 8.09. The van der Waals surface area contributed by atoms with Crippen molar-refractivity contribution in [2.75, 3.05) is 0 Å². The first kappa shape index (κ1) is 22.1. The van der Waals surface area contributed by atoms with Crippen molar-refractivity contribution in [1.82, 2.24) is 15.1 Å². The van der Waals surface area contributed by atoms with Crippen LogP contribution in [0.5, 0.6) is 5.88 Å². The summed E-state index contributed by atoms with van der Waals surface area (Å²) >= 11 is 6.02. The van der Waals surface area contributed by atoms with Gasteiger partial charge in [-0.05, 0) is 43.4 Å². The van der Waals surface area contributed by atoms with Gasteiger partial charge in [0.15, 0.2) is 6.10 Å². The van der Waals surface area contributed by atoms with Crippen LogP contribution in [-0.2, 0) is 4.79 Å². The number of pyridine rings is 1. The molecule has 1 aromatic carbocycles. The Morgan fingerprint density at radius 2 is 2.09 bits per heavy atom. The molecule has 1 saturated carbocycles. The summed E-state index contributed by atoms with van der Waals surface area (Å²) in [6.07, 6.45) is -4.76. The maximum atomic E-state index is 12.7. The summed E-state index contributed by atoms with van der Waals surface area (Å²) in [5.74, 6) is -1.10. The Morgan fingerprint density at radius 3 is 2.69 bits per heavy atom. The number of aryl methyl sites for hydroxylation is 1. The summed E-state index contributed by atoms with van der Waals surface area (Å²) in [6.45, 7) is 2.72. The molecule has 3 aromatic rings. The first-order chi connectivity index (χ1) is 15.0. The van der Waals surface area contributed by atoms with Crippen LogP contribution in [-0.4, -0.2) is 38.5 Å². The van der Waals surface area contributed by atoms with Crippen molar-refractivity contribution >= 4 is 17.6 Å². The molecule has 1 aliphatic rings. The highest BCUT2D eigenvalue weighted by molar-refractivity contribution is 6.32. The van der Waals surface area contributed by atoms with Crippen LogP contribution >= 0.6 is 11.6 Å². The molecule has 0 bridgehead atoms. The van der Waals surface area contributed by atoms with Crippen molar-refractivity contribution in [3.63, 3.8) is 0 Å². The van der Waals surface area contributed by atoms with Crippen molar-refractivity contribution in [3.05, 3.63) is 46.6 Å². The largest absolute Gasteiger partial charge is 0.481 e. The number of carbonyl (C=O) groups is 1. The van der Waals surface area contributed by atoms with Crippen LogP contribution in [0, 0.1) is 12.8 Å². The van der Waals surface area contributed by atoms with Crippen LogP contribution in [0.1, 0.15) is 30.4 Å². The number of ether oxygens (including phenoxy) is 1. The molecule has 32 heavy (non-hydrogen) atoms. The summed E-state index contributed by atoms with van der Waals surface area (Å²) < 4.78 is 48.1. The third kappa shape index (κ3) is 4.40. The number of carboxylic acids is 1. The molecule has 0 radical (unpaired) electrons. The van der Waals surface area contributed by atoms with E-state index in [1.54, 1.807) is 6.07 Å². The lowest BCUT2D eigenvalue weighted by molar-refractivity contribution is -0.189. The summed E-state index contributed by atoms with van der Waals surface area (Å²) in [5, 5.41) is 12.9. The van der Waals surface area contributed by atoms with E-state index in [2.05, 4.69) is 15.1 Å². The Bertz CT molecular complexity index is 1180. The van der Waals surface area contributed by atoms with E-state index in [1.165, 1.54) is 12.3 Å². The van der Waals surface area contributed by atoms with Gasteiger partial charge in [-0.2, -0.15) is 18.2 Å². The minimum Gasteiger partial charge on any atom is -0.481 e. The van der Waals surface area contributed by atoms with E-state index in [1.807, 2.05) is 19.1 Å². The molecule has 0 aliphatic heterocycles. The van der Waals surface area contributed by atoms with Crippen LogP contribution in [0.25, 0.3) is 22.8 Å². The van der Waals surface area contributed by atoms with Crippen LogP contribution in [0.4, 0.5) is 13.2 Å². The molecule has 11 heteroatoms. The fourth-order valence-electron chi connectivity index (χ4n) is 3.32. The second-order valence-electron chi connectivity index (χ2n) is 7.60. The van der Waals surface area contributed by atoms with Crippen LogP contribution in [0.2, 0.25) is 5.02 Å². The maximum absolute atomic E-state index is 12.7. The Hall–Kier alpha value is -3.14. The molecule has 2 heterocycles. The van der Waals surface area contributed by atoms with Crippen molar-refractivity contribution in [2.45, 2.75) is 38.5 Å². The first-order valence-corrected chi connectivity index (χ1v) is 9.99. The van der Waals surface area contributed by atoms with Gasteiger partial charge in [0.05, 0.1) is 11.5 Å². The van der Waals surface area contributed by atoms with E-state index < -0.39 is 18.2 Å². The molecule has 3 unspecified atom stereocenters. The van der Waals surface area contributed by atoms with Gasteiger partial charge in [-0.1, -0.05) is 35.0 Å². The van der Waals surface area contributed by atoms with Gasteiger partial charge in [-0.3, -0.25) is 4.79 Å². The molecule has 1 fully saturated rings. The predicted molar refractivity (Wildman–Crippen MR) is 107 cm³/mol. The molecule has 7 nitrogen and oxygen atoms in total. The lowest BCUT2D eigenvalue weighted by Gasteiger charge is -2.17. The predicted octanol–water partition coefficient (Wildman–Crippen LogP) is 5.28. The first-order valence-electron chi connectivity index (χ1n) is 9.61. The number of alkyl halides is 3. The maximum Gasteiger partial charge on any atom is 0.425 e. The third-order valence-corrected chi connectivity index (χ3v) is 5.53. The molecule has 168 valence electrons. The minimum atomic E-state index is -4.55. The quantitative estimate of drug-likeness (QED) is 0.526. The number of benzene rings is 1. The average molecular weight is 468 g/mol.